The van der Waals surface area contributed by atoms with Crippen molar-refractivity contribution in [3.05, 3.63) is 58.1 Å². The molecule has 1 aliphatic heterocycles. The molecule has 2 aromatic rings. The van der Waals surface area contributed by atoms with Crippen LogP contribution in [-0.4, -0.2) is 12.3 Å². The molecule has 0 saturated heterocycles. The molecule has 0 bridgehead atoms. The Kier molecular flexibility index (Phi) is 2.92. The van der Waals surface area contributed by atoms with E-state index in [2.05, 4.69) is 27.8 Å². The third-order valence-corrected chi connectivity index (χ3v) is 3.44. The first-order valence-electron chi connectivity index (χ1n) is 5.79. The summed E-state index contributed by atoms with van der Waals surface area (Å²) in [7, 11) is 0. The fourth-order valence-electron chi connectivity index (χ4n) is 1.95. The molecule has 3 heteroatoms. The van der Waals surface area contributed by atoms with Gasteiger partial charge in [0.1, 0.15) is 18.0 Å². The number of rotatable bonds is 1. The topological polar surface area (TPSA) is 21.6 Å². The Morgan fingerprint density at radius 3 is 2.67 bits per heavy atom. The van der Waals surface area contributed by atoms with Crippen LogP contribution in [0.3, 0.4) is 0 Å². The van der Waals surface area contributed by atoms with E-state index in [4.69, 9.17) is 4.74 Å². The molecule has 2 nitrogen and oxygen atoms in total. The van der Waals surface area contributed by atoms with Gasteiger partial charge in [-0.3, -0.25) is 0 Å². The Bertz CT molecular complexity index is 617. The maximum absolute atomic E-state index is 5.73. The summed E-state index contributed by atoms with van der Waals surface area (Å²) < 4.78 is 6.80. The van der Waals surface area contributed by atoms with E-state index in [-0.39, 0.29) is 0 Å². The molecule has 90 valence electrons. The summed E-state index contributed by atoms with van der Waals surface area (Å²) in [5.74, 6) is 0.862. The summed E-state index contributed by atoms with van der Waals surface area (Å²) in [4.78, 5) is 4.68. The van der Waals surface area contributed by atoms with E-state index in [1.165, 1.54) is 5.56 Å². The van der Waals surface area contributed by atoms with Gasteiger partial charge in [-0.15, -0.1) is 0 Å². The summed E-state index contributed by atoms with van der Waals surface area (Å²) >= 11 is 3.43. The van der Waals surface area contributed by atoms with Gasteiger partial charge in [0, 0.05) is 4.47 Å². The second-order valence-electron chi connectivity index (χ2n) is 4.33. The van der Waals surface area contributed by atoms with Crippen molar-refractivity contribution < 1.29 is 4.74 Å². The van der Waals surface area contributed by atoms with E-state index in [9.17, 15) is 0 Å². The highest BCUT2D eigenvalue weighted by Crippen LogP contribution is 2.32. The van der Waals surface area contributed by atoms with Crippen LogP contribution < -0.4 is 4.74 Å². The van der Waals surface area contributed by atoms with Crippen molar-refractivity contribution in [3.8, 4) is 5.75 Å². The van der Waals surface area contributed by atoms with Gasteiger partial charge in [0.25, 0.3) is 0 Å². The first kappa shape index (κ1) is 11.5. The molecule has 0 fully saturated rings. The van der Waals surface area contributed by atoms with Gasteiger partial charge in [-0.1, -0.05) is 34.1 Å². The molecule has 0 aromatic heterocycles. The molecule has 0 unspecified atom stereocenters. The van der Waals surface area contributed by atoms with Gasteiger partial charge in [0.05, 0.1) is 5.71 Å². The molecule has 3 rings (SSSR count). The van der Waals surface area contributed by atoms with Crippen molar-refractivity contribution in [1.29, 1.82) is 0 Å². The number of aryl methyl sites for hydroxylation is 1. The van der Waals surface area contributed by atoms with Crippen LogP contribution in [0.1, 0.15) is 11.1 Å². The monoisotopic (exact) mass is 301 g/mol. The minimum atomic E-state index is 0.525. The molecule has 1 heterocycles. The molecule has 0 spiro atoms. The number of fused-ring (bicyclic) bond motifs is 1. The van der Waals surface area contributed by atoms with Crippen molar-refractivity contribution in [1.82, 2.24) is 0 Å². The van der Waals surface area contributed by atoms with E-state index in [1.807, 2.05) is 42.5 Å². The van der Waals surface area contributed by atoms with E-state index < -0.39 is 0 Å². The number of ether oxygens (including phenoxy) is 1. The normalized spacial score (nSPS) is 13.6. The second kappa shape index (κ2) is 4.58. The van der Waals surface area contributed by atoms with Gasteiger partial charge in [-0.05, 0) is 42.3 Å². The highest BCUT2D eigenvalue weighted by atomic mass is 79.9. The van der Waals surface area contributed by atoms with Crippen LogP contribution in [0, 0.1) is 6.92 Å². The highest BCUT2D eigenvalue weighted by molar-refractivity contribution is 9.10. The molecule has 0 atom stereocenters. The quantitative estimate of drug-likeness (QED) is 0.771. The van der Waals surface area contributed by atoms with Gasteiger partial charge in [0.2, 0.25) is 0 Å². The lowest BCUT2D eigenvalue weighted by atomic mass is 10.1. The molecule has 1 aliphatic rings. The Morgan fingerprint density at radius 2 is 1.89 bits per heavy atom. The van der Waals surface area contributed by atoms with Gasteiger partial charge in [-0.2, -0.15) is 0 Å². The first-order valence-corrected chi connectivity index (χ1v) is 6.58. The SMILES string of the molecule is Cc1ccc2c(c1)N=C(c1ccc(Br)cc1)CO2. The number of halogens is 1. The van der Waals surface area contributed by atoms with Gasteiger partial charge >= 0.3 is 0 Å². The Morgan fingerprint density at radius 1 is 1.11 bits per heavy atom. The maximum atomic E-state index is 5.73. The third-order valence-electron chi connectivity index (χ3n) is 2.91. The standard InChI is InChI=1S/C15H12BrNO/c1-10-2-7-15-13(8-10)17-14(9-18-15)11-3-5-12(16)6-4-11/h2-8H,9H2,1H3. The number of hydrogen-bond acceptors (Lipinski definition) is 2. The average Bonchev–Trinajstić information content (AvgIpc) is 2.38. The van der Waals surface area contributed by atoms with Gasteiger partial charge < -0.3 is 4.74 Å². The van der Waals surface area contributed by atoms with Crippen molar-refractivity contribution >= 4 is 27.3 Å². The smallest absolute Gasteiger partial charge is 0.145 e. The third kappa shape index (κ3) is 2.18. The molecule has 0 N–H and O–H groups in total. The molecular formula is C15H12BrNO. The lowest BCUT2D eigenvalue weighted by Crippen LogP contribution is -2.16. The summed E-state index contributed by atoms with van der Waals surface area (Å²) in [6.45, 7) is 2.58. The largest absolute Gasteiger partial charge is 0.485 e. The molecule has 2 aromatic carbocycles. The average molecular weight is 302 g/mol. The van der Waals surface area contributed by atoms with Crippen molar-refractivity contribution in [2.45, 2.75) is 6.92 Å². The van der Waals surface area contributed by atoms with Crippen LogP contribution in [0.4, 0.5) is 5.69 Å². The summed E-state index contributed by atoms with van der Waals surface area (Å²) in [5.41, 5.74) is 4.18. The van der Waals surface area contributed by atoms with Crippen LogP contribution >= 0.6 is 15.9 Å². The Labute approximate surface area is 114 Å². The fourth-order valence-corrected chi connectivity index (χ4v) is 2.22. The number of hydrogen-bond donors (Lipinski definition) is 0. The Balaban J connectivity index is 2.02. The second-order valence-corrected chi connectivity index (χ2v) is 5.24. The first-order chi connectivity index (χ1) is 8.72. The lowest BCUT2D eigenvalue weighted by Gasteiger charge is -2.17. The van der Waals surface area contributed by atoms with Crippen LogP contribution in [0.15, 0.2) is 51.9 Å². The molecule has 18 heavy (non-hydrogen) atoms. The zero-order valence-corrected chi connectivity index (χ0v) is 11.6. The summed E-state index contributed by atoms with van der Waals surface area (Å²) in [5, 5.41) is 0. The fraction of sp³-hybridized carbons (Fsp3) is 0.133. The van der Waals surface area contributed by atoms with Crippen LogP contribution in [0.5, 0.6) is 5.75 Å². The maximum Gasteiger partial charge on any atom is 0.145 e. The lowest BCUT2D eigenvalue weighted by molar-refractivity contribution is 0.373. The van der Waals surface area contributed by atoms with Gasteiger partial charge in [0.15, 0.2) is 0 Å². The highest BCUT2D eigenvalue weighted by Gasteiger charge is 2.14. The predicted octanol–water partition coefficient (Wildman–Crippen LogP) is 4.27. The molecule has 0 amide bonds. The minimum absolute atomic E-state index is 0.525. The van der Waals surface area contributed by atoms with Crippen LogP contribution in [0.25, 0.3) is 0 Å². The van der Waals surface area contributed by atoms with Crippen molar-refractivity contribution in [3.63, 3.8) is 0 Å². The number of nitrogens with zero attached hydrogens (tertiary/aromatic N) is 1. The van der Waals surface area contributed by atoms with E-state index in [0.29, 0.717) is 6.61 Å². The van der Waals surface area contributed by atoms with E-state index >= 15 is 0 Å². The number of benzene rings is 2. The zero-order valence-electron chi connectivity index (χ0n) is 9.98. The molecular weight excluding hydrogens is 290 g/mol. The number of aliphatic imine (C=N–C) groups is 1. The Hall–Kier alpha value is -1.61. The van der Waals surface area contributed by atoms with E-state index in [0.717, 1.165) is 27.2 Å². The molecule has 0 aliphatic carbocycles. The zero-order chi connectivity index (χ0) is 12.5. The van der Waals surface area contributed by atoms with Crippen molar-refractivity contribution in [2.75, 3.05) is 6.61 Å². The summed E-state index contributed by atoms with van der Waals surface area (Å²) in [6.07, 6.45) is 0. The molecule has 0 saturated carbocycles. The van der Waals surface area contributed by atoms with Crippen LogP contribution in [-0.2, 0) is 0 Å². The van der Waals surface area contributed by atoms with Crippen molar-refractivity contribution in [2.24, 2.45) is 4.99 Å². The van der Waals surface area contributed by atoms with E-state index in [1.54, 1.807) is 0 Å². The minimum Gasteiger partial charge on any atom is -0.485 e. The van der Waals surface area contributed by atoms with Gasteiger partial charge in [-0.25, -0.2) is 4.99 Å². The van der Waals surface area contributed by atoms with Crippen LogP contribution in [0.2, 0.25) is 0 Å². The predicted molar refractivity (Wildman–Crippen MR) is 77.0 cm³/mol. The molecule has 0 radical (unpaired) electrons. The summed E-state index contributed by atoms with van der Waals surface area (Å²) in [6, 6.07) is 14.2.